The van der Waals surface area contributed by atoms with Gasteiger partial charge in [-0.2, -0.15) is 0 Å². The zero-order valence-electron chi connectivity index (χ0n) is 10.2. The third kappa shape index (κ3) is 2.39. The van der Waals surface area contributed by atoms with Crippen molar-refractivity contribution in [3.63, 3.8) is 0 Å². The first-order chi connectivity index (χ1) is 8.31. The summed E-state index contributed by atoms with van der Waals surface area (Å²) >= 11 is 0. The molecule has 0 radical (unpaired) electrons. The summed E-state index contributed by atoms with van der Waals surface area (Å²) in [6, 6.07) is 6.96. The van der Waals surface area contributed by atoms with Crippen molar-refractivity contribution in [2.75, 3.05) is 18.5 Å². The molecule has 2 unspecified atom stereocenters. The summed E-state index contributed by atoms with van der Waals surface area (Å²) in [5.74, 6) is 1.05. The Morgan fingerprint density at radius 3 is 3.12 bits per heavy atom. The van der Waals surface area contributed by atoms with Gasteiger partial charge < -0.3 is 14.8 Å². The van der Waals surface area contributed by atoms with E-state index >= 15 is 0 Å². The van der Waals surface area contributed by atoms with E-state index in [4.69, 9.17) is 9.47 Å². The number of rotatable bonds is 2. The van der Waals surface area contributed by atoms with Crippen LogP contribution in [0.2, 0.25) is 0 Å². The summed E-state index contributed by atoms with van der Waals surface area (Å²) in [5.41, 5.74) is 2.54. The highest BCUT2D eigenvalue weighted by atomic mass is 16.5. The summed E-state index contributed by atoms with van der Waals surface area (Å²) in [7, 11) is 0. The van der Waals surface area contributed by atoms with E-state index in [9.17, 15) is 0 Å². The molecule has 3 nitrogen and oxygen atoms in total. The summed E-state index contributed by atoms with van der Waals surface area (Å²) in [5, 5.41) is 3.61. The molecule has 2 aliphatic heterocycles. The standard InChI is InChI=1S/C14H19NO2/c1-10-8-13(5-7-16-10)15-12-2-3-14-11(9-12)4-6-17-14/h2-3,9-10,13,15H,4-8H2,1H3. The van der Waals surface area contributed by atoms with Gasteiger partial charge in [0.05, 0.1) is 12.7 Å². The van der Waals surface area contributed by atoms with Crippen molar-refractivity contribution in [2.24, 2.45) is 0 Å². The van der Waals surface area contributed by atoms with Crippen LogP contribution < -0.4 is 10.1 Å². The molecular formula is C14H19NO2. The molecule has 1 fully saturated rings. The first-order valence-corrected chi connectivity index (χ1v) is 6.45. The van der Waals surface area contributed by atoms with E-state index in [2.05, 4.69) is 30.4 Å². The van der Waals surface area contributed by atoms with Crippen LogP contribution in [-0.4, -0.2) is 25.4 Å². The number of ether oxygens (including phenoxy) is 2. The van der Waals surface area contributed by atoms with Crippen molar-refractivity contribution in [1.29, 1.82) is 0 Å². The van der Waals surface area contributed by atoms with Crippen molar-refractivity contribution in [3.05, 3.63) is 23.8 Å². The van der Waals surface area contributed by atoms with Gasteiger partial charge in [0.1, 0.15) is 5.75 Å². The minimum atomic E-state index is 0.374. The maximum Gasteiger partial charge on any atom is 0.122 e. The summed E-state index contributed by atoms with van der Waals surface area (Å²) in [6.45, 7) is 3.84. The normalized spacial score (nSPS) is 27.4. The zero-order valence-corrected chi connectivity index (χ0v) is 10.2. The van der Waals surface area contributed by atoms with E-state index in [0.717, 1.165) is 38.2 Å². The van der Waals surface area contributed by atoms with Crippen molar-refractivity contribution in [3.8, 4) is 5.75 Å². The fraction of sp³-hybridized carbons (Fsp3) is 0.571. The quantitative estimate of drug-likeness (QED) is 0.851. The van der Waals surface area contributed by atoms with E-state index in [-0.39, 0.29) is 0 Å². The Morgan fingerprint density at radius 1 is 1.29 bits per heavy atom. The number of benzene rings is 1. The Morgan fingerprint density at radius 2 is 2.24 bits per heavy atom. The maximum absolute atomic E-state index is 5.56. The summed E-state index contributed by atoms with van der Waals surface area (Å²) < 4.78 is 11.1. The van der Waals surface area contributed by atoms with Crippen molar-refractivity contribution >= 4 is 5.69 Å². The van der Waals surface area contributed by atoms with Crippen molar-refractivity contribution < 1.29 is 9.47 Å². The molecule has 2 atom stereocenters. The van der Waals surface area contributed by atoms with Crippen LogP contribution in [0.3, 0.4) is 0 Å². The van der Waals surface area contributed by atoms with Crippen LogP contribution in [-0.2, 0) is 11.2 Å². The molecule has 0 aliphatic carbocycles. The highest BCUT2D eigenvalue weighted by molar-refractivity contribution is 5.53. The maximum atomic E-state index is 5.56. The smallest absolute Gasteiger partial charge is 0.122 e. The lowest BCUT2D eigenvalue weighted by atomic mass is 10.0. The van der Waals surface area contributed by atoms with Gasteiger partial charge in [-0.25, -0.2) is 0 Å². The van der Waals surface area contributed by atoms with E-state index in [1.165, 1.54) is 11.3 Å². The minimum Gasteiger partial charge on any atom is -0.493 e. The van der Waals surface area contributed by atoms with Crippen LogP contribution in [0.1, 0.15) is 25.3 Å². The van der Waals surface area contributed by atoms with Crippen LogP contribution in [0.4, 0.5) is 5.69 Å². The Kier molecular flexibility index (Phi) is 2.93. The Hall–Kier alpha value is -1.22. The fourth-order valence-corrected chi connectivity index (χ4v) is 2.64. The molecular weight excluding hydrogens is 214 g/mol. The monoisotopic (exact) mass is 233 g/mol. The predicted octanol–water partition coefficient (Wildman–Crippen LogP) is 2.60. The van der Waals surface area contributed by atoms with Gasteiger partial charge in [-0.05, 0) is 43.5 Å². The Labute approximate surface area is 102 Å². The van der Waals surface area contributed by atoms with Crippen LogP contribution >= 0.6 is 0 Å². The number of fused-ring (bicyclic) bond motifs is 1. The highest BCUT2D eigenvalue weighted by Crippen LogP contribution is 2.29. The Balaban J connectivity index is 1.68. The molecule has 0 bridgehead atoms. The SMILES string of the molecule is CC1CC(Nc2ccc3c(c2)CCO3)CCO1. The molecule has 1 saturated heterocycles. The van der Waals surface area contributed by atoms with Crippen LogP contribution in [0.15, 0.2) is 18.2 Å². The van der Waals surface area contributed by atoms with Gasteiger partial charge in [0, 0.05) is 24.8 Å². The highest BCUT2D eigenvalue weighted by Gasteiger charge is 2.19. The Bertz CT molecular complexity index is 405. The average molecular weight is 233 g/mol. The van der Waals surface area contributed by atoms with Crippen LogP contribution in [0.25, 0.3) is 0 Å². The van der Waals surface area contributed by atoms with Gasteiger partial charge in [-0.15, -0.1) is 0 Å². The second-order valence-corrected chi connectivity index (χ2v) is 4.97. The molecule has 0 saturated carbocycles. The molecule has 2 aliphatic rings. The lowest BCUT2D eigenvalue weighted by molar-refractivity contribution is 0.0232. The lowest BCUT2D eigenvalue weighted by Crippen LogP contribution is -2.32. The second-order valence-electron chi connectivity index (χ2n) is 4.97. The van der Waals surface area contributed by atoms with Gasteiger partial charge in [0.15, 0.2) is 0 Å². The number of hydrogen-bond donors (Lipinski definition) is 1. The van der Waals surface area contributed by atoms with Crippen molar-refractivity contribution in [1.82, 2.24) is 0 Å². The molecule has 1 aromatic rings. The van der Waals surface area contributed by atoms with Gasteiger partial charge in [-0.1, -0.05) is 0 Å². The van der Waals surface area contributed by atoms with E-state index in [0.29, 0.717) is 12.1 Å². The first kappa shape index (κ1) is 10.9. The largest absolute Gasteiger partial charge is 0.493 e. The van der Waals surface area contributed by atoms with Crippen molar-refractivity contribution in [2.45, 2.75) is 38.3 Å². The van der Waals surface area contributed by atoms with Crippen LogP contribution in [0, 0.1) is 0 Å². The zero-order chi connectivity index (χ0) is 11.7. The number of nitrogens with one attached hydrogen (secondary N) is 1. The molecule has 1 N–H and O–H groups in total. The molecule has 1 aromatic carbocycles. The lowest BCUT2D eigenvalue weighted by Gasteiger charge is -2.28. The van der Waals surface area contributed by atoms with Crippen LogP contribution in [0.5, 0.6) is 5.75 Å². The molecule has 17 heavy (non-hydrogen) atoms. The summed E-state index contributed by atoms with van der Waals surface area (Å²) in [4.78, 5) is 0. The molecule has 92 valence electrons. The summed E-state index contributed by atoms with van der Waals surface area (Å²) in [6.07, 6.45) is 3.60. The van der Waals surface area contributed by atoms with Gasteiger partial charge in [0.2, 0.25) is 0 Å². The van der Waals surface area contributed by atoms with E-state index in [1.807, 2.05) is 0 Å². The van der Waals surface area contributed by atoms with Gasteiger partial charge >= 0.3 is 0 Å². The average Bonchev–Trinajstić information content (AvgIpc) is 2.76. The number of hydrogen-bond acceptors (Lipinski definition) is 3. The molecule has 3 heteroatoms. The number of anilines is 1. The predicted molar refractivity (Wildman–Crippen MR) is 67.7 cm³/mol. The topological polar surface area (TPSA) is 30.5 Å². The molecule has 0 amide bonds. The third-order valence-electron chi connectivity index (χ3n) is 3.55. The minimum absolute atomic E-state index is 0.374. The van der Waals surface area contributed by atoms with E-state index < -0.39 is 0 Å². The molecule has 3 rings (SSSR count). The first-order valence-electron chi connectivity index (χ1n) is 6.45. The van der Waals surface area contributed by atoms with E-state index in [1.54, 1.807) is 0 Å². The van der Waals surface area contributed by atoms with Gasteiger partial charge in [0.25, 0.3) is 0 Å². The molecule has 2 heterocycles. The second kappa shape index (κ2) is 4.57. The molecule has 0 aromatic heterocycles. The fourth-order valence-electron chi connectivity index (χ4n) is 2.64. The molecule has 0 spiro atoms. The van der Waals surface area contributed by atoms with Gasteiger partial charge in [-0.3, -0.25) is 0 Å². The third-order valence-corrected chi connectivity index (χ3v) is 3.55.